The number of nitrogens with two attached hydrogens (primary N) is 3. The van der Waals surface area contributed by atoms with Crippen molar-refractivity contribution < 1.29 is 67.7 Å². The number of guanidine groups is 1. The number of hydrazine groups is 1. The molecule has 0 saturated carbocycles. The van der Waals surface area contributed by atoms with Crippen molar-refractivity contribution in [3.05, 3.63) is 84.1 Å². The van der Waals surface area contributed by atoms with Crippen molar-refractivity contribution in [1.82, 2.24) is 73.2 Å². The predicted molar refractivity (Wildman–Crippen MR) is 333 cm³/mol. The maximum absolute atomic E-state index is 14.8. The number of aliphatic hydroxyl groups excluding tert-OH is 1. The average molecular weight is 1280 g/mol. The third-order valence-electron chi connectivity index (χ3n) is 15.2. The van der Waals surface area contributed by atoms with E-state index < -0.39 is 132 Å². The summed E-state index contributed by atoms with van der Waals surface area (Å²) in [6.45, 7) is 8.70. The normalized spacial score (nSPS) is 17.3. The van der Waals surface area contributed by atoms with E-state index >= 15 is 0 Å². The van der Waals surface area contributed by atoms with Gasteiger partial charge in [-0.1, -0.05) is 44.2 Å². The Labute approximate surface area is 530 Å². The van der Waals surface area contributed by atoms with Gasteiger partial charge in [0.05, 0.1) is 25.1 Å². The zero-order valence-corrected chi connectivity index (χ0v) is 52.3. The van der Waals surface area contributed by atoms with Gasteiger partial charge < -0.3 is 89.6 Å². The van der Waals surface area contributed by atoms with E-state index in [4.69, 9.17) is 21.9 Å². The summed E-state index contributed by atoms with van der Waals surface area (Å²) in [4.78, 5) is 168. The number of aliphatic hydroxyl groups is 1. The molecule has 2 aliphatic heterocycles. The lowest BCUT2D eigenvalue weighted by molar-refractivity contribution is -0.142. The number of para-hydroxylation sites is 1. The number of primary amides is 1. The van der Waals surface area contributed by atoms with Crippen molar-refractivity contribution in [2.45, 2.75) is 165 Å². The Balaban J connectivity index is 1.25. The van der Waals surface area contributed by atoms with Gasteiger partial charge in [-0.25, -0.2) is 15.2 Å². The second-order valence-electron chi connectivity index (χ2n) is 24.4. The highest BCUT2D eigenvalue weighted by molar-refractivity contribution is 6.00. The first-order valence-corrected chi connectivity index (χ1v) is 30.2. The summed E-state index contributed by atoms with van der Waals surface area (Å²) in [5, 5.41) is 43.0. The van der Waals surface area contributed by atoms with Crippen LogP contribution in [-0.4, -0.2) is 187 Å². The number of nitrogens with one attached hydrogen (secondary N) is 12. The number of phenolic OH excluding ortho intramolecular Hbond substituents is 1. The Morgan fingerprint density at radius 2 is 1.39 bits per heavy atom. The zero-order valence-electron chi connectivity index (χ0n) is 52.3. The maximum Gasteiger partial charge on any atom is 0.330 e. The average Bonchev–Trinajstić information content (AvgIpc) is 1.49. The number of ether oxygens (including phenoxy) is 1. The number of H-pyrrole nitrogens is 2. The number of likely N-dealkylation sites (tertiary alicyclic amines) is 1. The maximum atomic E-state index is 14.8. The number of rotatable bonds is 31. The number of amides is 12. The van der Waals surface area contributed by atoms with Crippen molar-refractivity contribution in [1.29, 1.82) is 0 Å². The van der Waals surface area contributed by atoms with E-state index in [1.54, 1.807) is 65.1 Å². The lowest BCUT2D eigenvalue weighted by atomic mass is 9.92. The van der Waals surface area contributed by atoms with Gasteiger partial charge in [-0.15, -0.1) is 0 Å². The Morgan fingerprint density at radius 1 is 0.761 bits per heavy atom. The van der Waals surface area contributed by atoms with Crippen LogP contribution in [0.4, 0.5) is 4.79 Å². The highest BCUT2D eigenvalue weighted by atomic mass is 16.5. The van der Waals surface area contributed by atoms with Crippen molar-refractivity contribution in [3.63, 3.8) is 0 Å². The summed E-state index contributed by atoms with van der Waals surface area (Å²) in [6, 6.07) is 0.554. The summed E-state index contributed by atoms with van der Waals surface area (Å²) < 4.78 is 6.03. The monoisotopic (exact) mass is 1280 g/mol. The van der Waals surface area contributed by atoms with Gasteiger partial charge in [0.25, 0.3) is 5.91 Å². The number of phenols is 1. The fraction of sp³-hybridized carbons (Fsp3) is 0.517. The van der Waals surface area contributed by atoms with Crippen LogP contribution in [0.3, 0.4) is 0 Å². The van der Waals surface area contributed by atoms with Crippen LogP contribution in [0.5, 0.6) is 5.75 Å². The van der Waals surface area contributed by atoms with Gasteiger partial charge in [-0.3, -0.25) is 58.4 Å². The Bertz CT molecular complexity index is 3290. The minimum Gasteiger partial charge on any atom is -0.508 e. The molecule has 92 heavy (non-hydrogen) atoms. The summed E-state index contributed by atoms with van der Waals surface area (Å²) >= 11 is 0. The lowest BCUT2D eigenvalue weighted by Gasteiger charge is -2.32. The number of aromatic nitrogens is 3. The summed E-state index contributed by atoms with van der Waals surface area (Å²) in [5.74, 6) is -8.63. The van der Waals surface area contributed by atoms with E-state index in [9.17, 15) is 63.0 Å². The molecule has 2 saturated heterocycles. The Hall–Kier alpha value is -9.85. The van der Waals surface area contributed by atoms with Crippen molar-refractivity contribution >= 4 is 82.0 Å². The van der Waals surface area contributed by atoms with Crippen LogP contribution in [0.25, 0.3) is 10.9 Å². The van der Waals surface area contributed by atoms with E-state index in [0.29, 0.717) is 34.1 Å². The molecule has 500 valence electrons. The van der Waals surface area contributed by atoms with E-state index in [0.717, 1.165) is 0 Å². The number of aliphatic imine (C=N–C) groups is 1. The number of carbonyl (C=O) groups is 11. The topological polar surface area (TPSA) is 496 Å². The SMILES string of the molecule is CC(C)C[C@@H](NC(=O)[C@H](COC(C)(C)C)NC(=O)[C@@H](Cc1ccc(O)cc1)NC(=O)[C@@H](CO)NC(=O)[C@@H](Cc1c[nH]c2ccccc12)NC(=O)[C@@](C)(Cc1cnc[nH]1)NC(=O)[C@H]1CCC(=O)N1)C(=O)N[C@H](CCCN=C(N)N)C(=O)N1CCC[C@@H]1C(=O)NNC(N)=O. The molecular formula is C60H86N18O14. The van der Waals surface area contributed by atoms with E-state index in [2.05, 4.69) is 67.9 Å². The molecule has 4 heterocycles. The number of hydrogen-bond donors (Lipinski definition) is 17. The van der Waals surface area contributed by atoms with Gasteiger partial charge >= 0.3 is 6.03 Å². The summed E-state index contributed by atoms with van der Waals surface area (Å²) in [7, 11) is 0. The smallest absolute Gasteiger partial charge is 0.330 e. The minimum atomic E-state index is -1.81. The first kappa shape index (κ1) is 71.2. The number of carbonyl (C=O) groups excluding carboxylic acids is 11. The molecule has 0 aliphatic carbocycles. The van der Waals surface area contributed by atoms with Crippen LogP contribution in [0.2, 0.25) is 0 Å². The first-order chi connectivity index (χ1) is 43.5. The minimum absolute atomic E-state index is 0.00328. The second kappa shape index (κ2) is 32.8. The first-order valence-electron chi connectivity index (χ1n) is 30.2. The molecule has 0 bridgehead atoms. The van der Waals surface area contributed by atoms with Crippen LogP contribution in [-0.2, 0) is 71.9 Å². The third kappa shape index (κ3) is 21.1. The van der Waals surface area contributed by atoms with Gasteiger partial charge in [0, 0.05) is 67.8 Å². The number of urea groups is 1. The number of hydrogen-bond acceptors (Lipinski definition) is 16. The molecule has 6 rings (SSSR count). The molecule has 0 radical (unpaired) electrons. The summed E-state index contributed by atoms with van der Waals surface area (Å²) in [5.41, 5.74) is 19.8. The highest BCUT2D eigenvalue weighted by Crippen LogP contribution is 2.23. The third-order valence-corrected chi connectivity index (χ3v) is 15.2. The van der Waals surface area contributed by atoms with E-state index in [-0.39, 0.29) is 94.4 Å². The van der Waals surface area contributed by atoms with Crippen molar-refractivity contribution in [3.8, 4) is 5.75 Å². The van der Waals surface area contributed by atoms with Gasteiger partial charge in [0.2, 0.25) is 53.2 Å². The molecule has 0 unspecified atom stereocenters. The predicted octanol–water partition coefficient (Wildman–Crippen LogP) is -2.72. The molecule has 0 spiro atoms. The molecular weight excluding hydrogens is 1200 g/mol. The molecule has 2 aromatic carbocycles. The highest BCUT2D eigenvalue weighted by Gasteiger charge is 2.43. The molecule has 20 N–H and O–H groups in total. The Kier molecular flexibility index (Phi) is 25.4. The van der Waals surface area contributed by atoms with Gasteiger partial charge in [-0.05, 0) is 101 Å². The number of nitrogens with zero attached hydrogens (tertiary/aromatic N) is 3. The Morgan fingerprint density at radius 3 is 2.02 bits per heavy atom. The number of aromatic hydroxyl groups is 1. The number of benzene rings is 2. The fourth-order valence-electron chi connectivity index (χ4n) is 10.5. The molecule has 32 nitrogen and oxygen atoms in total. The van der Waals surface area contributed by atoms with E-state index in [1.807, 2.05) is 5.43 Å². The quantitative estimate of drug-likeness (QED) is 0.0105. The molecule has 2 fully saturated rings. The van der Waals surface area contributed by atoms with Crippen LogP contribution < -0.4 is 70.6 Å². The molecule has 9 atom stereocenters. The van der Waals surface area contributed by atoms with Gasteiger partial charge in [0.1, 0.15) is 59.6 Å². The standard InChI is InChI=1S/C60H86N18O14/c1-32(2)23-41(48(82)69-40(13-9-21-65-57(61)62)55(89)78-22-10-14-46(78)54(88)76-77-58(63)91)70-52(86)45(30-92-59(3,4)5)73-49(83)42(24-33-15-17-36(80)18-16-33)71-51(85)44(29-79)72-50(84)43(25-34-27-66-38-12-8-7-11-37(34)38)74-56(90)60(6,26-35-28-64-31-67-35)75-53(87)39-19-20-47(81)68-39/h7-8,11-12,15-18,27-28,31-32,39-46,66,79-80H,9-10,13-14,19-26,29-30H2,1-6H3,(H,64,67)(H,68,81)(H,69,82)(H,70,86)(H,71,85)(H,72,84)(H,73,83)(H,74,90)(H,75,87)(H,76,88)(H4,61,62,65)(H3,63,77,91)/t39-,40-,41-,42-,43-,44-,45+,46-,60-/m1/s1. The van der Waals surface area contributed by atoms with E-state index in [1.165, 1.54) is 48.6 Å². The molecule has 12 amide bonds. The largest absolute Gasteiger partial charge is 0.508 e. The number of imidazole rings is 1. The van der Waals surface area contributed by atoms with Crippen LogP contribution in [0.15, 0.2) is 72.2 Å². The number of fused-ring (bicyclic) bond motifs is 1. The van der Waals surface area contributed by atoms with Gasteiger partial charge in [-0.2, -0.15) is 0 Å². The molecule has 4 aromatic rings. The van der Waals surface area contributed by atoms with Crippen molar-refractivity contribution in [2.75, 3.05) is 26.3 Å². The fourth-order valence-corrected chi connectivity index (χ4v) is 10.5. The van der Waals surface area contributed by atoms with Crippen LogP contribution in [0, 0.1) is 5.92 Å². The van der Waals surface area contributed by atoms with Crippen molar-refractivity contribution in [2.24, 2.45) is 28.1 Å². The summed E-state index contributed by atoms with van der Waals surface area (Å²) in [6.07, 6.45) is 4.85. The van der Waals surface area contributed by atoms with Crippen LogP contribution >= 0.6 is 0 Å². The number of aromatic amines is 2. The zero-order chi connectivity index (χ0) is 67.5. The lowest BCUT2D eigenvalue weighted by Crippen LogP contribution is -2.64. The molecule has 32 heteroatoms. The molecule has 2 aliphatic rings. The van der Waals surface area contributed by atoms with Crippen LogP contribution in [0.1, 0.15) is 103 Å². The van der Waals surface area contributed by atoms with Gasteiger partial charge in [0.15, 0.2) is 5.96 Å². The molecule has 2 aromatic heterocycles. The second-order valence-corrected chi connectivity index (χ2v) is 24.4.